The van der Waals surface area contributed by atoms with Crippen molar-refractivity contribution < 1.29 is 9.90 Å². The van der Waals surface area contributed by atoms with E-state index in [-0.39, 0.29) is 12.6 Å². The minimum absolute atomic E-state index is 0.0206. The maximum absolute atomic E-state index is 12.3. The number of hydrogen-bond acceptors (Lipinski definition) is 3. The number of aromatic nitrogens is 1. The van der Waals surface area contributed by atoms with Gasteiger partial charge in [0.2, 0.25) is 0 Å². The smallest absolute Gasteiger partial charge is 0.319 e. The molecule has 0 atom stereocenters. The molecule has 0 bridgehead atoms. The number of aliphatic hydroxyl groups is 1. The first-order chi connectivity index (χ1) is 10.6. The quantitative estimate of drug-likeness (QED) is 0.815. The minimum atomic E-state index is -0.475. The Kier molecular flexibility index (Phi) is 3.98. The van der Waals surface area contributed by atoms with Gasteiger partial charge >= 0.3 is 6.03 Å². The van der Waals surface area contributed by atoms with Crippen molar-refractivity contribution >= 4 is 22.6 Å². The Balaban J connectivity index is 1.82. The Bertz CT molecular complexity index is 693. The molecule has 5 heteroatoms. The summed E-state index contributed by atoms with van der Waals surface area (Å²) in [5.41, 5.74) is 2.05. The van der Waals surface area contributed by atoms with Crippen LogP contribution in [0.15, 0.2) is 30.5 Å². The van der Waals surface area contributed by atoms with Crippen LogP contribution in [0.5, 0.6) is 0 Å². The van der Waals surface area contributed by atoms with E-state index >= 15 is 0 Å². The van der Waals surface area contributed by atoms with E-state index < -0.39 is 5.54 Å². The fourth-order valence-corrected chi connectivity index (χ4v) is 3.21. The van der Waals surface area contributed by atoms with Crippen molar-refractivity contribution in [2.75, 3.05) is 11.9 Å². The molecule has 1 fully saturated rings. The molecule has 116 valence electrons. The highest BCUT2D eigenvalue weighted by Gasteiger charge is 2.34. The fourth-order valence-electron chi connectivity index (χ4n) is 3.21. The van der Waals surface area contributed by atoms with Crippen LogP contribution in [0.25, 0.3) is 10.9 Å². The van der Waals surface area contributed by atoms with Crippen LogP contribution in [0.4, 0.5) is 10.5 Å². The summed E-state index contributed by atoms with van der Waals surface area (Å²) in [5.74, 6) is 0. The maximum Gasteiger partial charge on any atom is 0.319 e. The van der Waals surface area contributed by atoms with Gasteiger partial charge in [-0.15, -0.1) is 0 Å². The first-order valence-electron chi connectivity index (χ1n) is 7.67. The van der Waals surface area contributed by atoms with E-state index in [0.717, 1.165) is 42.1 Å². The monoisotopic (exact) mass is 299 g/mol. The Morgan fingerprint density at radius 3 is 2.86 bits per heavy atom. The van der Waals surface area contributed by atoms with Crippen molar-refractivity contribution in [2.24, 2.45) is 0 Å². The number of urea groups is 1. The zero-order chi connectivity index (χ0) is 15.6. The van der Waals surface area contributed by atoms with E-state index in [1.807, 2.05) is 31.2 Å². The molecular weight excluding hydrogens is 278 g/mol. The average Bonchev–Trinajstić information content (AvgIpc) is 2.96. The Labute approximate surface area is 129 Å². The predicted molar refractivity (Wildman–Crippen MR) is 86.9 cm³/mol. The van der Waals surface area contributed by atoms with Gasteiger partial charge in [-0.05, 0) is 43.5 Å². The molecule has 1 aliphatic carbocycles. The molecule has 0 radical (unpaired) electrons. The van der Waals surface area contributed by atoms with Gasteiger partial charge in [0.25, 0.3) is 0 Å². The van der Waals surface area contributed by atoms with E-state index in [2.05, 4.69) is 15.6 Å². The Morgan fingerprint density at radius 1 is 1.36 bits per heavy atom. The van der Waals surface area contributed by atoms with Crippen LogP contribution in [0.2, 0.25) is 0 Å². The van der Waals surface area contributed by atoms with Gasteiger partial charge in [0, 0.05) is 11.6 Å². The SMILES string of the molecule is Cc1cc(NC(=O)NC2(CO)CCCC2)c2ncccc2c1. The van der Waals surface area contributed by atoms with Gasteiger partial charge < -0.3 is 15.7 Å². The zero-order valence-corrected chi connectivity index (χ0v) is 12.7. The number of fused-ring (bicyclic) bond motifs is 1. The summed E-state index contributed by atoms with van der Waals surface area (Å²) in [6, 6.07) is 7.52. The van der Waals surface area contributed by atoms with Crippen LogP contribution in [0.3, 0.4) is 0 Å². The first-order valence-corrected chi connectivity index (χ1v) is 7.67. The van der Waals surface area contributed by atoms with E-state index in [1.165, 1.54) is 0 Å². The van der Waals surface area contributed by atoms with Crippen LogP contribution in [0, 0.1) is 6.92 Å². The lowest BCUT2D eigenvalue weighted by Crippen LogP contribution is -2.50. The van der Waals surface area contributed by atoms with Gasteiger partial charge in [-0.2, -0.15) is 0 Å². The standard InChI is InChI=1S/C17H21N3O2/c1-12-9-13-5-4-8-18-15(13)14(10-12)19-16(22)20-17(11-21)6-2-3-7-17/h4-5,8-10,21H,2-3,6-7,11H2,1H3,(H2,19,20,22). The third-order valence-electron chi connectivity index (χ3n) is 4.34. The number of rotatable bonds is 3. The van der Waals surface area contributed by atoms with Crippen LogP contribution in [-0.2, 0) is 0 Å². The minimum Gasteiger partial charge on any atom is -0.394 e. The van der Waals surface area contributed by atoms with Gasteiger partial charge in [-0.3, -0.25) is 4.98 Å². The number of hydrogen-bond donors (Lipinski definition) is 3. The number of pyridine rings is 1. The second kappa shape index (κ2) is 5.93. The third kappa shape index (κ3) is 2.90. The molecule has 0 saturated heterocycles. The van der Waals surface area contributed by atoms with Crippen LogP contribution in [0.1, 0.15) is 31.2 Å². The molecule has 1 aliphatic rings. The van der Waals surface area contributed by atoms with Gasteiger partial charge in [-0.25, -0.2) is 4.79 Å². The van der Waals surface area contributed by atoms with E-state index in [9.17, 15) is 9.90 Å². The first kappa shape index (κ1) is 14.8. The second-order valence-electron chi connectivity index (χ2n) is 6.11. The Morgan fingerprint density at radius 2 is 2.14 bits per heavy atom. The normalized spacial score (nSPS) is 16.6. The number of aliphatic hydroxyl groups excluding tert-OH is 1. The van der Waals surface area contributed by atoms with Gasteiger partial charge in [-0.1, -0.05) is 18.9 Å². The summed E-state index contributed by atoms with van der Waals surface area (Å²) in [4.78, 5) is 16.7. The second-order valence-corrected chi connectivity index (χ2v) is 6.11. The molecule has 2 amide bonds. The van der Waals surface area contributed by atoms with Crippen molar-refractivity contribution in [1.29, 1.82) is 0 Å². The topological polar surface area (TPSA) is 74.2 Å². The molecular formula is C17H21N3O2. The lowest BCUT2D eigenvalue weighted by atomic mass is 9.99. The van der Waals surface area contributed by atoms with Crippen molar-refractivity contribution in [3.05, 3.63) is 36.0 Å². The molecule has 0 spiro atoms. The van der Waals surface area contributed by atoms with Crippen molar-refractivity contribution in [1.82, 2.24) is 10.3 Å². The summed E-state index contributed by atoms with van der Waals surface area (Å²) in [5, 5.41) is 16.4. The van der Waals surface area contributed by atoms with Crippen molar-refractivity contribution in [3.63, 3.8) is 0 Å². The van der Waals surface area contributed by atoms with Crippen LogP contribution >= 0.6 is 0 Å². The van der Waals surface area contributed by atoms with Crippen LogP contribution in [-0.4, -0.2) is 28.3 Å². The zero-order valence-electron chi connectivity index (χ0n) is 12.7. The number of benzene rings is 1. The molecule has 1 saturated carbocycles. The molecule has 3 rings (SSSR count). The van der Waals surface area contributed by atoms with Crippen LogP contribution < -0.4 is 10.6 Å². The number of carbonyl (C=O) groups is 1. The number of carbonyl (C=O) groups excluding carboxylic acids is 1. The van der Waals surface area contributed by atoms with Crippen molar-refractivity contribution in [3.8, 4) is 0 Å². The van der Waals surface area contributed by atoms with Gasteiger partial charge in [0.15, 0.2) is 0 Å². The number of nitrogens with one attached hydrogen (secondary N) is 2. The number of nitrogens with zero attached hydrogens (tertiary/aromatic N) is 1. The highest BCUT2D eigenvalue weighted by atomic mass is 16.3. The van der Waals surface area contributed by atoms with E-state index in [0.29, 0.717) is 5.69 Å². The Hall–Kier alpha value is -2.14. The fraction of sp³-hybridized carbons (Fsp3) is 0.412. The predicted octanol–water partition coefficient (Wildman–Crippen LogP) is 2.97. The average molecular weight is 299 g/mol. The molecule has 0 unspecified atom stereocenters. The molecule has 22 heavy (non-hydrogen) atoms. The number of amides is 2. The summed E-state index contributed by atoms with van der Waals surface area (Å²) >= 11 is 0. The summed E-state index contributed by atoms with van der Waals surface area (Å²) in [7, 11) is 0. The van der Waals surface area contributed by atoms with Crippen molar-refractivity contribution in [2.45, 2.75) is 38.1 Å². The molecule has 1 aromatic heterocycles. The third-order valence-corrected chi connectivity index (χ3v) is 4.34. The summed E-state index contributed by atoms with van der Waals surface area (Å²) in [6.45, 7) is 1.97. The molecule has 5 nitrogen and oxygen atoms in total. The number of aryl methyl sites for hydroxylation is 1. The molecule has 1 aromatic carbocycles. The molecule has 0 aliphatic heterocycles. The number of anilines is 1. The summed E-state index contributed by atoms with van der Waals surface area (Å²) < 4.78 is 0. The van der Waals surface area contributed by atoms with Gasteiger partial charge in [0.1, 0.15) is 0 Å². The molecule has 1 heterocycles. The van der Waals surface area contributed by atoms with E-state index in [1.54, 1.807) is 6.20 Å². The largest absolute Gasteiger partial charge is 0.394 e. The molecule has 2 aromatic rings. The lowest BCUT2D eigenvalue weighted by Gasteiger charge is -2.28. The lowest BCUT2D eigenvalue weighted by molar-refractivity contribution is 0.167. The highest BCUT2D eigenvalue weighted by Crippen LogP contribution is 2.29. The highest BCUT2D eigenvalue weighted by molar-refractivity contribution is 6.00. The van der Waals surface area contributed by atoms with E-state index in [4.69, 9.17) is 0 Å². The van der Waals surface area contributed by atoms with Gasteiger partial charge in [0.05, 0.1) is 23.3 Å². The molecule has 3 N–H and O–H groups in total. The maximum atomic E-state index is 12.3. The summed E-state index contributed by atoms with van der Waals surface area (Å²) in [6.07, 6.45) is 5.44.